The molecule has 0 bridgehead atoms. The lowest BCUT2D eigenvalue weighted by Crippen LogP contribution is -2.45. The molecular weight excluding hydrogens is 526 g/mol. The molecule has 7 heteroatoms. The van der Waals surface area contributed by atoms with Gasteiger partial charge in [0.2, 0.25) is 11.8 Å². The number of carbonyl (C=O) groups excluding carboxylic acids is 2. The van der Waals surface area contributed by atoms with Crippen LogP contribution in [0.15, 0.2) is 97.1 Å². The fraction of sp³-hybridized carbons (Fsp3) is 0.286. The lowest BCUT2D eigenvalue weighted by atomic mass is 9.80. The van der Waals surface area contributed by atoms with Gasteiger partial charge in [-0.15, -0.1) is 0 Å². The van der Waals surface area contributed by atoms with Gasteiger partial charge in [-0.2, -0.15) is 0 Å². The van der Waals surface area contributed by atoms with Crippen molar-refractivity contribution in [3.8, 4) is 0 Å². The van der Waals surface area contributed by atoms with Crippen LogP contribution in [0.1, 0.15) is 59.6 Å². The van der Waals surface area contributed by atoms with Crippen LogP contribution in [0.5, 0.6) is 0 Å². The van der Waals surface area contributed by atoms with Crippen LogP contribution < -0.4 is 10.6 Å². The van der Waals surface area contributed by atoms with Gasteiger partial charge in [-0.25, -0.2) is 4.79 Å². The van der Waals surface area contributed by atoms with Crippen LogP contribution in [0.2, 0.25) is 0 Å². The number of anilines is 1. The highest BCUT2D eigenvalue weighted by Gasteiger charge is 2.32. The monoisotopic (exact) mass is 563 g/mol. The number of nitrogens with one attached hydrogen (secondary N) is 2. The van der Waals surface area contributed by atoms with Crippen LogP contribution in [0.4, 0.5) is 5.69 Å². The predicted octanol–water partition coefficient (Wildman–Crippen LogP) is 6.24. The van der Waals surface area contributed by atoms with Crippen molar-refractivity contribution < 1.29 is 19.5 Å². The highest BCUT2D eigenvalue weighted by atomic mass is 16.4. The van der Waals surface area contributed by atoms with E-state index in [2.05, 4.69) is 72.2 Å². The van der Waals surface area contributed by atoms with E-state index in [1.165, 1.54) is 34.0 Å². The quantitative estimate of drug-likeness (QED) is 0.212. The third-order valence-electron chi connectivity index (χ3n) is 8.29. The van der Waals surface area contributed by atoms with E-state index in [9.17, 15) is 14.4 Å². The summed E-state index contributed by atoms with van der Waals surface area (Å²) in [4.78, 5) is 38.6. The van der Waals surface area contributed by atoms with Crippen LogP contribution in [0.25, 0.3) is 10.8 Å². The molecule has 4 aromatic carbocycles. The minimum absolute atomic E-state index is 0.0251. The van der Waals surface area contributed by atoms with E-state index < -0.39 is 5.97 Å². The number of carboxylic acids is 1. The third kappa shape index (κ3) is 7.04. The second-order valence-electron chi connectivity index (χ2n) is 11.0. The van der Waals surface area contributed by atoms with Crippen LogP contribution in [0, 0.1) is 5.92 Å². The van der Waals surface area contributed by atoms with Crippen LogP contribution in [-0.2, 0) is 9.59 Å². The van der Waals surface area contributed by atoms with Crippen molar-refractivity contribution in [3.05, 3.63) is 114 Å². The first-order chi connectivity index (χ1) is 20.4. The summed E-state index contributed by atoms with van der Waals surface area (Å²) in [5, 5.41) is 18.1. The molecule has 0 radical (unpaired) electrons. The number of carboxylic acid groups (broad SMARTS) is 1. The molecule has 7 nitrogen and oxygen atoms in total. The number of nitrogens with zero attached hydrogens (tertiary/aromatic N) is 1. The Hall–Kier alpha value is -4.49. The van der Waals surface area contributed by atoms with Crippen molar-refractivity contribution in [1.82, 2.24) is 10.2 Å². The summed E-state index contributed by atoms with van der Waals surface area (Å²) in [6.07, 6.45) is 1.07. The van der Waals surface area contributed by atoms with Gasteiger partial charge in [0.1, 0.15) is 0 Å². The Kier molecular flexibility index (Phi) is 9.29. The molecule has 1 aliphatic rings. The Morgan fingerprint density at radius 2 is 1.60 bits per heavy atom. The average molecular weight is 564 g/mol. The molecule has 1 saturated heterocycles. The van der Waals surface area contributed by atoms with Crippen molar-refractivity contribution in [3.63, 3.8) is 0 Å². The normalized spacial score (nSPS) is 17.5. The summed E-state index contributed by atoms with van der Waals surface area (Å²) < 4.78 is 0. The van der Waals surface area contributed by atoms with Crippen molar-refractivity contribution in [2.75, 3.05) is 25.0 Å². The number of benzene rings is 4. The molecule has 5 rings (SSSR count). The second-order valence-corrected chi connectivity index (χ2v) is 11.0. The lowest BCUT2D eigenvalue weighted by Gasteiger charge is -2.39. The Morgan fingerprint density at radius 3 is 2.36 bits per heavy atom. The number of piperidine rings is 1. The number of rotatable bonds is 10. The van der Waals surface area contributed by atoms with Crippen LogP contribution >= 0.6 is 0 Å². The van der Waals surface area contributed by atoms with Gasteiger partial charge in [0, 0.05) is 43.6 Å². The average Bonchev–Trinajstić information content (AvgIpc) is 3.02. The Bertz CT molecular complexity index is 1530. The standard InChI is InChI=1S/C35H37N3O4/c1-24(30-13-7-11-25-10-5-6-12-31(25)30)36-22-28-20-21-38(23-32(28)26-8-3-2-4-9-26)34(40)19-18-33(39)37-29-16-14-27(15-17-29)35(41)42/h2-17,24,28,32,36H,18-23H2,1H3,(H,37,39)(H,41,42)/t24-,28?,32?/m1/s1. The van der Waals surface area contributed by atoms with Crippen LogP contribution in [-0.4, -0.2) is 47.4 Å². The first kappa shape index (κ1) is 29.0. The fourth-order valence-electron chi connectivity index (χ4n) is 5.91. The molecule has 1 fully saturated rings. The van der Waals surface area contributed by atoms with E-state index in [1.54, 1.807) is 12.1 Å². The maximum absolute atomic E-state index is 13.2. The van der Waals surface area contributed by atoms with Gasteiger partial charge < -0.3 is 20.6 Å². The highest BCUT2D eigenvalue weighted by Crippen LogP contribution is 2.33. The zero-order chi connectivity index (χ0) is 29.5. The molecule has 216 valence electrons. The molecule has 3 atom stereocenters. The Morgan fingerprint density at radius 1 is 0.881 bits per heavy atom. The SMILES string of the molecule is C[C@@H](NCC1CCN(C(=O)CCC(=O)Nc2ccc(C(=O)O)cc2)CC1c1ccccc1)c1cccc2ccccc12. The van der Waals surface area contributed by atoms with Crippen molar-refractivity contribution >= 4 is 34.2 Å². The molecular formula is C35H37N3O4. The Labute approximate surface area is 246 Å². The van der Waals surface area contributed by atoms with E-state index in [4.69, 9.17) is 5.11 Å². The molecule has 4 aromatic rings. The van der Waals surface area contributed by atoms with Gasteiger partial charge in [0.05, 0.1) is 5.56 Å². The van der Waals surface area contributed by atoms with Crippen LogP contribution in [0.3, 0.4) is 0 Å². The zero-order valence-electron chi connectivity index (χ0n) is 23.8. The second kappa shape index (κ2) is 13.4. The van der Waals surface area contributed by atoms with Gasteiger partial charge in [-0.1, -0.05) is 72.8 Å². The molecule has 0 spiro atoms. The van der Waals surface area contributed by atoms with Crippen molar-refractivity contribution in [2.24, 2.45) is 5.92 Å². The summed E-state index contributed by atoms with van der Waals surface area (Å²) >= 11 is 0. The number of aromatic carboxylic acids is 1. The van der Waals surface area contributed by atoms with Gasteiger partial charge in [-0.3, -0.25) is 9.59 Å². The first-order valence-corrected chi connectivity index (χ1v) is 14.6. The molecule has 3 N–H and O–H groups in total. The summed E-state index contributed by atoms with van der Waals surface area (Å²) in [5.74, 6) is -0.759. The molecule has 42 heavy (non-hydrogen) atoms. The van der Waals surface area contributed by atoms with E-state index in [0.29, 0.717) is 24.7 Å². The van der Waals surface area contributed by atoms with E-state index in [0.717, 1.165) is 13.0 Å². The summed E-state index contributed by atoms with van der Waals surface area (Å²) in [7, 11) is 0. The fourth-order valence-corrected chi connectivity index (χ4v) is 5.91. The zero-order valence-corrected chi connectivity index (χ0v) is 23.8. The molecule has 0 aromatic heterocycles. The number of hydrogen-bond donors (Lipinski definition) is 3. The van der Waals surface area contributed by atoms with Gasteiger partial charge >= 0.3 is 5.97 Å². The largest absolute Gasteiger partial charge is 0.478 e. The number of hydrogen-bond acceptors (Lipinski definition) is 4. The molecule has 1 heterocycles. The van der Waals surface area contributed by atoms with Gasteiger partial charge in [-0.05, 0) is 72.0 Å². The summed E-state index contributed by atoms with van der Waals surface area (Å²) in [6.45, 7) is 4.34. The maximum Gasteiger partial charge on any atom is 0.335 e. The number of carbonyl (C=O) groups is 3. The summed E-state index contributed by atoms with van der Waals surface area (Å²) in [5.41, 5.74) is 3.17. The molecule has 0 saturated carbocycles. The Balaban J connectivity index is 1.19. The van der Waals surface area contributed by atoms with Gasteiger partial charge in [0.15, 0.2) is 0 Å². The molecule has 2 amide bonds. The molecule has 1 aliphatic heterocycles. The molecule has 2 unspecified atom stereocenters. The lowest BCUT2D eigenvalue weighted by molar-refractivity contribution is -0.134. The topological polar surface area (TPSA) is 98.7 Å². The maximum atomic E-state index is 13.2. The number of likely N-dealkylation sites (tertiary alicyclic amines) is 1. The highest BCUT2D eigenvalue weighted by molar-refractivity contribution is 5.94. The van der Waals surface area contributed by atoms with E-state index in [-0.39, 0.29) is 42.2 Å². The van der Waals surface area contributed by atoms with E-state index in [1.807, 2.05) is 23.1 Å². The number of amides is 2. The van der Waals surface area contributed by atoms with Crippen molar-refractivity contribution in [2.45, 2.75) is 38.1 Å². The minimum Gasteiger partial charge on any atom is -0.478 e. The minimum atomic E-state index is -1.02. The first-order valence-electron chi connectivity index (χ1n) is 14.6. The summed E-state index contributed by atoms with van der Waals surface area (Å²) in [6, 6.07) is 31.5. The number of fused-ring (bicyclic) bond motifs is 1. The van der Waals surface area contributed by atoms with E-state index >= 15 is 0 Å². The third-order valence-corrected chi connectivity index (χ3v) is 8.29. The smallest absolute Gasteiger partial charge is 0.335 e. The van der Waals surface area contributed by atoms with Crippen molar-refractivity contribution in [1.29, 1.82) is 0 Å². The van der Waals surface area contributed by atoms with Gasteiger partial charge in [0.25, 0.3) is 0 Å². The molecule has 0 aliphatic carbocycles. The predicted molar refractivity (Wildman–Crippen MR) is 166 cm³/mol.